The molecule has 0 aliphatic carbocycles. The predicted molar refractivity (Wildman–Crippen MR) is 67.9 cm³/mol. The number of carbonyl (C=O) groups excluding carboxylic acids is 1. The number of phenolic OH excluding ortho intramolecular Hbond substituents is 1. The van der Waals surface area contributed by atoms with E-state index in [1.165, 1.54) is 12.1 Å². The Morgan fingerprint density at radius 1 is 1.53 bits per heavy atom. The third-order valence-electron chi connectivity index (χ3n) is 2.63. The van der Waals surface area contributed by atoms with Crippen LogP contribution in [0.25, 0.3) is 0 Å². The first kappa shape index (κ1) is 13.5. The van der Waals surface area contributed by atoms with Crippen molar-refractivity contribution in [2.75, 3.05) is 6.54 Å². The van der Waals surface area contributed by atoms with E-state index < -0.39 is 0 Å². The van der Waals surface area contributed by atoms with Gasteiger partial charge < -0.3 is 16.2 Å². The molecule has 0 heterocycles. The number of rotatable bonds is 6. The number of hydrogen-bond donors (Lipinski definition) is 3. The summed E-state index contributed by atoms with van der Waals surface area (Å²) in [6, 6.07) is 6.30. The molecule has 1 unspecified atom stereocenters. The third kappa shape index (κ3) is 4.44. The maximum Gasteiger partial charge on any atom is 0.251 e. The largest absolute Gasteiger partial charge is 0.508 e. The molecule has 0 spiro atoms. The highest BCUT2D eigenvalue weighted by Crippen LogP contribution is 2.11. The molecular formula is C13H20N2O2. The highest BCUT2D eigenvalue weighted by atomic mass is 16.3. The minimum Gasteiger partial charge on any atom is -0.508 e. The standard InChI is InChI=1S/C13H20N2O2/c1-2-3-6-11(9-14)15-13(17)10-5-4-7-12(16)8-10/h4-5,7-8,11,16H,2-3,6,9,14H2,1H3,(H,15,17). The van der Waals surface area contributed by atoms with Gasteiger partial charge in [-0.05, 0) is 24.6 Å². The van der Waals surface area contributed by atoms with Crippen molar-refractivity contribution in [2.24, 2.45) is 5.73 Å². The van der Waals surface area contributed by atoms with Gasteiger partial charge in [0.15, 0.2) is 0 Å². The maximum atomic E-state index is 11.9. The van der Waals surface area contributed by atoms with E-state index in [1.54, 1.807) is 12.1 Å². The number of carbonyl (C=O) groups is 1. The lowest BCUT2D eigenvalue weighted by Crippen LogP contribution is -2.40. The summed E-state index contributed by atoms with van der Waals surface area (Å²) in [6.45, 7) is 2.54. The Hall–Kier alpha value is -1.55. The van der Waals surface area contributed by atoms with E-state index in [1.807, 2.05) is 0 Å². The van der Waals surface area contributed by atoms with E-state index in [0.717, 1.165) is 19.3 Å². The number of phenols is 1. The summed E-state index contributed by atoms with van der Waals surface area (Å²) in [5.41, 5.74) is 6.06. The Kier molecular flexibility index (Phi) is 5.49. The van der Waals surface area contributed by atoms with E-state index in [2.05, 4.69) is 12.2 Å². The fourth-order valence-corrected chi connectivity index (χ4v) is 1.62. The molecule has 4 nitrogen and oxygen atoms in total. The van der Waals surface area contributed by atoms with E-state index in [-0.39, 0.29) is 17.7 Å². The molecule has 0 saturated heterocycles. The van der Waals surface area contributed by atoms with Crippen molar-refractivity contribution >= 4 is 5.91 Å². The molecule has 4 heteroatoms. The van der Waals surface area contributed by atoms with Gasteiger partial charge in [0.1, 0.15) is 5.75 Å². The van der Waals surface area contributed by atoms with Crippen molar-refractivity contribution in [2.45, 2.75) is 32.2 Å². The Labute approximate surface area is 102 Å². The van der Waals surface area contributed by atoms with Crippen LogP contribution in [0.5, 0.6) is 5.75 Å². The van der Waals surface area contributed by atoms with Gasteiger partial charge in [-0.1, -0.05) is 25.8 Å². The van der Waals surface area contributed by atoms with Crippen molar-refractivity contribution in [3.8, 4) is 5.75 Å². The second-order valence-electron chi connectivity index (χ2n) is 4.10. The maximum absolute atomic E-state index is 11.9. The van der Waals surface area contributed by atoms with Crippen LogP contribution in [0.15, 0.2) is 24.3 Å². The topological polar surface area (TPSA) is 75.3 Å². The molecule has 0 aliphatic rings. The second-order valence-corrected chi connectivity index (χ2v) is 4.10. The van der Waals surface area contributed by atoms with Crippen LogP contribution in [0.4, 0.5) is 0 Å². The van der Waals surface area contributed by atoms with Crippen molar-refractivity contribution in [1.29, 1.82) is 0 Å². The number of nitrogens with two attached hydrogens (primary N) is 1. The van der Waals surface area contributed by atoms with Crippen LogP contribution in [0.2, 0.25) is 0 Å². The molecule has 0 radical (unpaired) electrons. The number of amides is 1. The Bertz CT molecular complexity index is 366. The average molecular weight is 236 g/mol. The summed E-state index contributed by atoms with van der Waals surface area (Å²) in [5, 5.41) is 12.2. The van der Waals surface area contributed by atoms with Crippen LogP contribution in [0.3, 0.4) is 0 Å². The van der Waals surface area contributed by atoms with Crippen molar-refractivity contribution in [3.63, 3.8) is 0 Å². The minimum absolute atomic E-state index is 0.00444. The van der Waals surface area contributed by atoms with Gasteiger partial charge in [0, 0.05) is 18.2 Å². The van der Waals surface area contributed by atoms with Gasteiger partial charge in [-0.2, -0.15) is 0 Å². The molecule has 1 rings (SSSR count). The first-order chi connectivity index (χ1) is 8.17. The first-order valence-electron chi connectivity index (χ1n) is 5.97. The van der Waals surface area contributed by atoms with E-state index in [0.29, 0.717) is 12.1 Å². The number of benzene rings is 1. The zero-order valence-corrected chi connectivity index (χ0v) is 10.1. The smallest absolute Gasteiger partial charge is 0.251 e. The lowest BCUT2D eigenvalue weighted by molar-refractivity contribution is 0.0935. The number of hydrogen-bond acceptors (Lipinski definition) is 3. The zero-order chi connectivity index (χ0) is 12.7. The molecule has 1 atom stereocenters. The van der Waals surface area contributed by atoms with Crippen molar-refractivity contribution in [3.05, 3.63) is 29.8 Å². The molecular weight excluding hydrogens is 216 g/mol. The molecule has 1 aromatic rings. The molecule has 0 aromatic heterocycles. The number of aromatic hydroxyl groups is 1. The van der Waals surface area contributed by atoms with Gasteiger partial charge in [-0.25, -0.2) is 0 Å². The monoisotopic (exact) mass is 236 g/mol. The van der Waals surface area contributed by atoms with Gasteiger partial charge in [-0.3, -0.25) is 4.79 Å². The fourth-order valence-electron chi connectivity index (χ4n) is 1.62. The van der Waals surface area contributed by atoms with Crippen LogP contribution in [0, 0.1) is 0 Å². The van der Waals surface area contributed by atoms with Gasteiger partial charge >= 0.3 is 0 Å². The summed E-state index contributed by atoms with van der Waals surface area (Å²) >= 11 is 0. The molecule has 1 aromatic carbocycles. The molecule has 94 valence electrons. The first-order valence-corrected chi connectivity index (χ1v) is 5.97. The van der Waals surface area contributed by atoms with Crippen LogP contribution >= 0.6 is 0 Å². The highest BCUT2D eigenvalue weighted by Gasteiger charge is 2.12. The molecule has 0 aliphatic heterocycles. The molecule has 17 heavy (non-hydrogen) atoms. The van der Waals surface area contributed by atoms with Crippen LogP contribution < -0.4 is 11.1 Å². The van der Waals surface area contributed by atoms with Crippen molar-refractivity contribution < 1.29 is 9.90 Å². The number of nitrogens with one attached hydrogen (secondary N) is 1. The minimum atomic E-state index is -0.188. The zero-order valence-electron chi connectivity index (χ0n) is 10.1. The van der Waals surface area contributed by atoms with Gasteiger partial charge in [0.25, 0.3) is 5.91 Å². The lowest BCUT2D eigenvalue weighted by atomic mass is 10.1. The van der Waals surface area contributed by atoms with Gasteiger partial charge in [0.2, 0.25) is 0 Å². The predicted octanol–water partition coefficient (Wildman–Crippen LogP) is 1.64. The molecule has 0 saturated carbocycles. The summed E-state index contributed by atoms with van der Waals surface area (Å²) in [4.78, 5) is 11.9. The van der Waals surface area contributed by atoms with Crippen molar-refractivity contribution in [1.82, 2.24) is 5.32 Å². The van der Waals surface area contributed by atoms with Gasteiger partial charge in [0.05, 0.1) is 0 Å². The molecule has 4 N–H and O–H groups in total. The average Bonchev–Trinajstić information content (AvgIpc) is 2.34. The second kappa shape index (κ2) is 6.91. The molecule has 1 amide bonds. The quantitative estimate of drug-likeness (QED) is 0.703. The van der Waals surface area contributed by atoms with Crippen LogP contribution in [0.1, 0.15) is 36.5 Å². The summed E-state index contributed by atoms with van der Waals surface area (Å²) in [5.74, 6) is -0.0945. The van der Waals surface area contributed by atoms with E-state index in [9.17, 15) is 9.90 Å². The Morgan fingerprint density at radius 3 is 2.88 bits per heavy atom. The summed E-state index contributed by atoms with van der Waals surface area (Å²) in [7, 11) is 0. The Morgan fingerprint density at radius 2 is 2.29 bits per heavy atom. The van der Waals surface area contributed by atoms with E-state index in [4.69, 9.17) is 5.73 Å². The highest BCUT2D eigenvalue weighted by molar-refractivity contribution is 5.94. The third-order valence-corrected chi connectivity index (χ3v) is 2.63. The van der Waals surface area contributed by atoms with Crippen LogP contribution in [-0.4, -0.2) is 23.6 Å². The number of unbranched alkanes of at least 4 members (excludes halogenated alkanes) is 1. The normalized spacial score (nSPS) is 12.1. The Balaban J connectivity index is 2.58. The fraction of sp³-hybridized carbons (Fsp3) is 0.462. The summed E-state index contributed by atoms with van der Waals surface area (Å²) in [6.07, 6.45) is 3.01. The van der Waals surface area contributed by atoms with Crippen LogP contribution in [-0.2, 0) is 0 Å². The molecule has 0 bridgehead atoms. The van der Waals surface area contributed by atoms with E-state index >= 15 is 0 Å². The lowest BCUT2D eigenvalue weighted by Gasteiger charge is -2.16. The summed E-state index contributed by atoms with van der Waals surface area (Å²) < 4.78 is 0. The van der Waals surface area contributed by atoms with Gasteiger partial charge in [-0.15, -0.1) is 0 Å². The SMILES string of the molecule is CCCCC(CN)NC(=O)c1cccc(O)c1. The molecule has 0 fully saturated rings.